The number of fused-ring (bicyclic) bond motifs is 1. The third-order valence-electron chi connectivity index (χ3n) is 3.24. The fourth-order valence-electron chi connectivity index (χ4n) is 2.32. The molecule has 0 N–H and O–H groups in total. The van der Waals surface area contributed by atoms with Gasteiger partial charge in [-0.05, 0) is 47.4 Å². The van der Waals surface area contributed by atoms with E-state index in [2.05, 4.69) is 61.7 Å². The zero-order valence-corrected chi connectivity index (χ0v) is 10.8. The summed E-state index contributed by atoms with van der Waals surface area (Å²) >= 11 is 1.83. The van der Waals surface area contributed by atoms with Gasteiger partial charge in [0.1, 0.15) is 0 Å². The fourth-order valence-corrected chi connectivity index (χ4v) is 3.33. The molecule has 0 saturated heterocycles. The van der Waals surface area contributed by atoms with Crippen LogP contribution in [0.2, 0.25) is 0 Å². The van der Waals surface area contributed by atoms with Crippen LogP contribution < -0.4 is 0 Å². The van der Waals surface area contributed by atoms with E-state index >= 15 is 0 Å². The predicted octanol–water partition coefficient (Wildman–Crippen LogP) is 5.19. The minimum Gasteiger partial charge on any atom is -0.143 e. The van der Waals surface area contributed by atoms with Crippen molar-refractivity contribution in [3.05, 3.63) is 59.0 Å². The first kappa shape index (κ1) is 10.5. The maximum absolute atomic E-state index is 2.22. The summed E-state index contributed by atoms with van der Waals surface area (Å²) in [4.78, 5) is 0. The molecule has 3 rings (SSSR count). The third-order valence-corrected chi connectivity index (χ3v) is 4.19. The highest BCUT2D eigenvalue weighted by Gasteiger charge is 2.09. The Bertz CT molecular complexity index is 677. The van der Waals surface area contributed by atoms with Crippen molar-refractivity contribution in [3.8, 4) is 11.1 Å². The average molecular weight is 238 g/mol. The normalized spacial score (nSPS) is 10.9. The van der Waals surface area contributed by atoms with Crippen LogP contribution in [0.5, 0.6) is 0 Å². The molecule has 0 atom stereocenters. The monoisotopic (exact) mass is 238 g/mol. The van der Waals surface area contributed by atoms with Gasteiger partial charge in [-0.3, -0.25) is 0 Å². The van der Waals surface area contributed by atoms with E-state index in [1.807, 2.05) is 11.3 Å². The molecule has 0 radical (unpaired) electrons. The van der Waals surface area contributed by atoms with Gasteiger partial charge in [0.15, 0.2) is 0 Å². The summed E-state index contributed by atoms with van der Waals surface area (Å²) in [6.45, 7) is 4.38. The second-order valence-corrected chi connectivity index (χ2v) is 5.33. The summed E-state index contributed by atoms with van der Waals surface area (Å²) in [7, 11) is 0. The van der Waals surface area contributed by atoms with Gasteiger partial charge in [-0.15, -0.1) is 11.3 Å². The number of rotatable bonds is 1. The second kappa shape index (κ2) is 4.01. The molecule has 17 heavy (non-hydrogen) atoms. The van der Waals surface area contributed by atoms with E-state index in [1.165, 1.54) is 32.3 Å². The molecule has 0 saturated carbocycles. The molecule has 1 heteroatoms. The van der Waals surface area contributed by atoms with Gasteiger partial charge in [0, 0.05) is 10.3 Å². The maximum atomic E-state index is 2.22. The molecular weight excluding hydrogens is 224 g/mol. The first-order chi connectivity index (χ1) is 8.27. The van der Waals surface area contributed by atoms with E-state index in [1.54, 1.807) is 0 Å². The maximum Gasteiger partial charge on any atom is 0.0423 e. The van der Waals surface area contributed by atoms with Crippen LogP contribution in [0.15, 0.2) is 47.8 Å². The van der Waals surface area contributed by atoms with Gasteiger partial charge in [-0.25, -0.2) is 0 Å². The molecule has 1 heterocycles. The minimum atomic E-state index is 1.34. The summed E-state index contributed by atoms with van der Waals surface area (Å²) in [6.07, 6.45) is 0. The topological polar surface area (TPSA) is 0 Å². The zero-order valence-electron chi connectivity index (χ0n) is 10.0. The lowest BCUT2D eigenvalue weighted by Gasteiger charge is -2.10. The van der Waals surface area contributed by atoms with Gasteiger partial charge < -0.3 is 0 Å². The molecule has 0 bridgehead atoms. The van der Waals surface area contributed by atoms with Gasteiger partial charge in [0.25, 0.3) is 0 Å². The van der Waals surface area contributed by atoms with E-state index in [0.29, 0.717) is 0 Å². The summed E-state index contributed by atoms with van der Waals surface area (Å²) in [5.41, 5.74) is 5.46. The van der Waals surface area contributed by atoms with E-state index in [0.717, 1.165) is 0 Å². The highest BCUT2D eigenvalue weighted by Crippen LogP contribution is 2.36. The molecule has 0 aliphatic heterocycles. The van der Waals surface area contributed by atoms with Crippen molar-refractivity contribution in [3.63, 3.8) is 0 Å². The zero-order chi connectivity index (χ0) is 11.8. The molecule has 84 valence electrons. The molecule has 0 aliphatic rings. The Morgan fingerprint density at radius 3 is 2.47 bits per heavy atom. The minimum absolute atomic E-state index is 1.34. The molecule has 1 aromatic heterocycles. The summed E-state index contributed by atoms with van der Waals surface area (Å²) in [6, 6.07) is 15.2. The molecule has 2 aromatic carbocycles. The smallest absolute Gasteiger partial charge is 0.0423 e. The summed E-state index contributed by atoms with van der Waals surface area (Å²) in [5.74, 6) is 0. The summed E-state index contributed by atoms with van der Waals surface area (Å²) < 4.78 is 1.40. The molecular formula is C16H14S. The van der Waals surface area contributed by atoms with Crippen molar-refractivity contribution in [2.24, 2.45) is 0 Å². The van der Waals surface area contributed by atoms with Crippen molar-refractivity contribution in [2.45, 2.75) is 13.8 Å². The standard InChI is InChI=1S/C16H14S/c1-11-5-3-4-6-14(11)15-12(2)7-8-13-9-10-17-16(13)15/h3-10H,1-2H3. The van der Waals surface area contributed by atoms with Crippen LogP contribution in [-0.4, -0.2) is 0 Å². The van der Waals surface area contributed by atoms with Gasteiger partial charge in [-0.1, -0.05) is 36.4 Å². The Morgan fingerprint density at radius 1 is 0.824 bits per heavy atom. The van der Waals surface area contributed by atoms with Crippen molar-refractivity contribution < 1.29 is 0 Å². The molecule has 0 nitrogen and oxygen atoms in total. The van der Waals surface area contributed by atoms with E-state index in [9.17, 15) is 0 Å². The van der Waals surface area contributed by atoms with Crippen LogP contribution in [-0.2, 0) is 0 Å². The van der Waals surface area contributed by atoms with Crippen LogP contribution >= 0.6 is 11.3 Å². The quantitative estimate of drug-likeness (QED) is 0.547. The fraction of sp³-hybridized carbons (Fsp3) is 0.125. The van der Waals surface area contributed by atoms with Crippen molar-refractivity contribution >= 4 is 21.4 Å². The highest BCUT2D eigenvalue weighted by atomic mass is 32.1. The van der Waals surface area contributed by atoms with Gasteiger partial charge in [-0.2, -0.15) is 0 Å². The van der Waals surface area contributed by atoms with E-state index < -0.39 is 0 Å². The van der Waals surface area contributed by atoms with Crippen LogP contribution in [0, 0.1) is 13.8 Å². The molecule has 0 spiro atoms. The molecule has 0 amide bonds. The lowest BCUT2D eigenvalue weighted by Crippen LogP contribution is -1.86. The SMILES string of the molecule is Cc1ccccc1-c1c(C)ccc2ccsc12. The molecule has 0 aliphatic carbocycles. The highest BCUT2D eigenvalue weighted by molar-refractivity contribution is 7.17. The number of benzene rings is 2. The van der Waals surface area contributed by atoms with Crippen molar-refractivity contribution in [1.29, 1.82) is 0 Å². The summed E-state index contributed by atoms with van der Waals surface area (Å²) in [5, 5.41) is 3.52. The van der Waals surface area contributed by atoms with Crippen LogP contribution in [0.1, 0.15) is 11.1 Å². The number of aryl methyl sites for hydroxylation is 2. The second-order valence-electron chi connectivity index (χ2n) is 4.41. The van der Waals surface area contributed by atoms with Crippen molar-refractivity contribution in [1.82, 2.24) is 0 Å². The Hall–Kier alpha value is -1.60. The third kappa shape index (κ3) is 1.67. The van der Waals surface area contributed by atoms with E-state index in [4.69, 9.17) is 0 Å². The number of hydrogen-bond donors (Lipinski definition) is 0. The predicted molar refractivity (Wildman–Crippen MR) is 76.7 cm³/mol. The Kier molecular flexibility index (Phi) is 2.49. The Morgan fingerprint density at radius 2 is 1.65 bits per heavy atom. The lowest BCUT2D eigenvalue weighted by molar-refractivity contribution is 1.43. The molecule has 0 fully saturated rings. The van der Waals surface area contributed by atoms with Crippen LogP contribution in [0.3, 0.4) is 0 Å². The van der Waals surface area contributed by atoms with Crippen molar-refractivity contribution in [2.75, 3.05) is 0 Å². The first-order valence-corrected chi connectivity index (χ1v) is 6.68. The first-order valence-electron chi connectivity index (χ1n) is 5.80. The van der Waals surface area contributed by atoms with Crippen LogP contribution in [0.25, 0.3) is 21.2 Å². The van der Waals surface area contributed by atoms with E-state index in [-0.39, 0.29) is 0 Å². The van der Waals surface area contributed by atoms with Gasteiger partial charge in [0.05, 0.1) is 0 Å². The Labute approximate surface area is 106 Å². The number of hydrogen-bond acceptors (Lipinski definition) is 1. The molecule has 0 unspecified atom stereocenters. The number of thiophene rings is 1. The average Bonchev–Trinajstić information content (AvgIpc) is 2.79. The largest absolute Gasteiger partial charge is 0.143 e. The Balaban J connectivity index is 2.40. The van der Waals surface area contributed by atoms with Gasteiger partial charge in [0.2, 0.25) is 0 Å². The lowest BCUT2D eigenvalue weighted by atomic mass is 9.96. The van der Waals surface area contributed by atoms with Crippen LogP contribution in [0.4, 0.5) is 0 Å². The molecule has 3 aromatic rings. The van der Waals surface area contributed by atoms with Gasteiger partial charge >= 0.3 is 0 Å².